The van der Waals surface area contributed by atoms with Gasteiger partial charge in [-0.1, -0.05) is 36.2 Å². The number of carbonyl (C=O) groups excluding carboxylic acids is 2. The Morgan fingerprint density at radius 2 is 2.05 bits per heavy atom. The molecule has 10 heteroatoms. The van der Waals surface area contributed by atoms with Gasteiger partial charge in [-0.25, -0.2) is 0 Å². The van der Waals surface area contributed by atoms with Gasteiger partial charge in [0.15, 0.2) is 0 Å². The minimum absolute atomic E-state index is 0.0932. The van der Waals surface area contributed by atoms with Gasteiger partial charge in [0, 0.05) is 11.1 Å². The molecule has 1 aromatic carbocycles. The number of nitrogens with zero attached hydrogens (tertiary/aromatic N) is 2. The molecule has 6 rings (SSSR count). The quantitative estimate of drug-likeness (QED) is 0.180. The Labute approximate surface area is 254 Å². The molecular formula is C32H32BClN2O5S. The standard InChI is InChI=1S/C32H32BClN2O5S/c1-2-19-15-24-30(32(39)36(31(24)38)18-23-6-5-13-42-23)25-17-33(40)41-28(29(19)25)11-9-21(27-7-3-4-12-35-27)14-20-8-10-22(37)16-26(20)34/h3-8,10,12-14,16,24-25,28,30,37,40H,2,9,11,15,17-18H2,1H3/b21-14-/t24-,25+,28-,30-/m1/s1. The zero-order valence-corrected chi connectivity index (χ0v) is 24.9. The van der Waals surface area contributed by atoms with E-state index in [-0.39, 0.29) is 23.5 Å². The second kappa shape index (κ2) is 12.2. The number of aromatic nitrogens is 1. The lowest BCUT2D eigenvalue weighted by Gasteiger charge is -2.43. The van der Waals surface area contributed by atoms with Crippen molar-refractivity contribution in [2.75, 3.05) is 0 Å². The van der Waals surface area contributed by atoms with E-state index in [9.17, 15) is 19.7 Å². The number of likely N-dealkylation sites (tertiary alicyclic amines) is 1. The lowest BCUT2D eigenvalue weighted by atomic mass is 9.58. The predicted molar refractivity (Wildman–Crippen MR) is 164 cm³/mol. The fraction of sp³-hybridized carbons (Fsp3) is 0.344. The Kier molecular flexibility index (Phi) is 8.36. The SMILES string of the molecule is CCC1=C2[C@@H](CC/C(=C/c3ccc(O)cc3Cl)c3ccccn3)OB(O)C[C@@H]2[C@@H]2C(=O)N(Cc3cccs3)C(=O)[C@@H]2C1. The van der Waals surface area contributed by atoms with Crippen LogP contribution in [0.1, 0.15) is 48.7 Å². The van der Waals surface area contributed by atoms with Gasteiger partial charge in [0.25, 0.3) is 0 Å². The molecule has 1 aliphatic carbocycles. The number of pyridine rings is 1. The van der Waals surface area contributed by atoms with Crippen LogP contribution in [0.25, 0.3) is 11.6 Å². The molecule has 2 fully saturated rings. The van der Waals surface area contributed by atoms with Crippen molar-refractivity contribution in [3.8, 4) is 5.75 Å². The average molecular weight is 603 g/mol. The van der Waals surface area contributed by atoms with Crippen molar-refractivity contribution < 1.29 is 24.4 Å². The molecule has 4 heterocycles. The normalized spacial score (nSPS) is 24.3. The molecule has 3 aromatic rings. The highest BCUT2D eigenvalue weighted by molar-refractivity contribution is 7.09. The molecule has 7 nitrogen and oxygen atoms in total. The Balaban J connectivity index is 1.30. The van der Waals surface area contributed by atoms with Crippen molar-refractivity contribution in [2.24, 2.45) is 17.8 Å². The largest absolute Gasteiger partial charge is 0.508 e. The summed E-state index contributed by atoms with van der Waals surface area (Å²) in [6, 6.07) is 14.5. The summed E-state index contributed by atoms with van der Waals surface area (Å²) in [5.41, 5.74) is 4.72. The average Bonchev–Trinajstić information content (AvgIpc) is 3.58. The monoisotopic (exact) mass is 602 g/mol. The maximum Gasteiger partial charge on any atom is 0.455 e. The van der Waals surface area contributed by atoms with Crippen LogP contribution >= 0.6 is 22.9 Å². The maximum absolute atomic E-state index is 13.8. The molecule has 0 unspecified atom stereocenters. The Morgan fingerprint density at radius 1 is 1.19 bits per heavy atom. The summed E-state index contributed by atoms with van der Waals surface area (Å²) in [6.07, 6.45) is 6.04. The second-order valence-corrected chi connectivity index (χ2v) is 12.6. The van der Waals surface area contributed by atoms with Gasteiger partial charge >= 0.3 is 7.12 Å². The van der Waals surface area contributed by atoms with Crippen molar-refractivity contribution in [1.29, 1.82) is 0 Å². The van der Waals surface area contributed by atoms with Crippen LogP contribution in [0.4, 0.5) is 0 Å². The van der Waals surface area contributed by atoms with Crippen molar-refractivity contribution in [1.82, 2.24) is 9.88 Å². The van der Waals surface area contributed by atoms with Gasteiger partial charge in [0.2, 0.25) is 11.8 Å². The van der Waals surface area contributed by atoms with Crippen molar-refractivity contribution >= 4 is 53.5 Å². The Morgan fingerprint density at radius 3 is 2.76 bits per heavy atom. The number of fused-ring (bicyclic) bond motifs is 3. The van der Waals surface area contributed by atoms with Crippen LogP contribution in [0, 0.1) is 17.8 Å². The van der Waals surface area contributed by atoms with E-state index in [2.05, 4.69) is 11.9 Å². The topological polar surface area (TPSA) is 100.0 Å². The number of thiophene rings is 1. The summed E-state index contributed by atoms with van der Waals surface area (Å²) in [5, 5.41) is 23.1. The minimum Gasteiger partial charge on any atom is -0.508 e. The van der Waals surface area contributed by atoms with E-state index in [4.69, 9.17) is 16.3 Å². The third-order valence-electron chi connectivity index (χ3n) is 8.70. The van der Waals surface area contributed by atoms with Gasteiger partial charge in [-0.05, 0) is 102 Å². The number of aromatic hydroxyl groups is 1. The van der Waals surface area contributed by atoms with Gasteiger partial charge in [-0.2, -0.15) is 0 Å². The highest BCUT2D eigenvalue weighted by Crippen LogP contribution is 2.51. The molecule has 2 amide bonds. The zero-order chi connectivity index (χ0) is 29.4. The molecule has 2 aliphatic heterocycles. The molecule has 4 atom stereocenters. The molecule has 3 aliphatic rings. The van der Waals surface area contributed by atoms with E-state index < -0.39 is 25.1 Å². The van der Waals surface area contributed by atoms with Gasteiger partial charge in [-0.15, -0.1) is 11.3 Å². The lowest BCUT2D eigenvalue weighted by Crippen LogP contribution is -2.46. The van der Waals surface area contributed by atoms with E-state index in [0.29, 0.717) is 37.2 Å². The second-order valence-electron chi connectivity index (χ2n) is 11.1. The van der Waals surface area contributed by atoms with E-state index in [1.807, 2.05) is 41.8 Å². The number of hydrogen-bond acceptors (Lipinski definition) is 7. The molecule has 0 saturated carbocycles. The van der Waals surface area contributed by atoms with E-state index in [1.165, 1.54) is 22.3 Å². The zero-order valence-electron chi connectivity index (χ0n) is 23.3. The van der Waals surface area contributed by atoms with Gasteiger partial charge < -0.3 is 14.8 Å². The summed E-state index contributed by atoms with van der Waals surface area (Å²) in [5.74, 6) is -1.27. The van der Waals surface area contributed by atoms with Crippen LogP contribution in [-0.4, -0.2) is 45.1 Å². The van der Waals surface area contributed by atoms with Crippen LogP contribution < -0.4 is 0 Å². The third-order valence-corrected chi connectivity index (χ3v) is 9.89. The number of benzene rings is 1. The molecule has 0 bridgehead atoms. The first-order valence-corrected chi connectivity index (χ1v) is 15.6. The number of hydrogen-bond donors (Lipinski definition) is 2. The molecule has 2 aromatic heterocycles. The number of amides is 2. The first-order chi connectivity index (χ1) is 20.3. The first kappa shape index (κ1) is 28.9. The number of halogens is 1. The minimum atomic E-state index is -1.02. The molecule has 2 saturated heterocycles. The van der Waals surface area contributed by atoms with E-state index in [0.717, 1.165) is 39.3 Å². The Bertz CT molecular complexity index is 1540. The fourth-order valence-electron chi connectivity index (χ4n) is 6.82. The number of rotatable bonds is 8. The molecule has 216 valence electrons. The molecule has 2 N–H and O–H groups in total. The van der Waals surface area contributed by atoms with Crippen LogP contribution in [0.5, 0.6) is 5.75 Å². The third kappa shape index (κ3) is 5.58. The van der Waals surface area contributed by atoms with Crippen LogP contribution in [0.3, 0.4) is 0 Å². The van der Waals surface area contributed by atoms with E-state index in [1.54, 1.807) is 18.3 Å². The maximum atomic E-state index is 13.8. The van der Waals surface area contributed by atoms with Crippen LogP contribution in [-0.2, 0) is 20.8 Å². The van der Waals surface area contributed by atoms with Crippen LogP contribution in [0.15, 0.2) is 71.3 Å². The molecular weight excluding hydrogens is 571 g/mol. The fourth-order valence-corrected chi connectivity index (χ4v) is 7.74. The first-order valence-electron chi connectivity index (χ1n) is 14.4. The number of allylic oxidation sites excluding steroid dienone is 2. The van der Waals surface area contributed by atoms with E-state index >= 15 is 0 Å². The molecule has 0 spiro atoms. The highest BCUT2D eigenvalue weighted by Gasteiger charge is 2.57. The number of phenols is 1. The smallest absolute Gasteiger partial charge is 0.455 e. The van der Waals surface area contributed by atoms with Crippen molar-refractivity contribution in [3.63, 3.8) is 0 Å². The predicted octanol–water partition coefficient (Wildman–Crippen LogP) is 6.23. The summed E-state index contributed by atoms with van der Waals surface area (Å²) in [6.45, 7) is 2.38. The Hall–Kier alpha value is -3.24. The summed E-state index contributed by atoms with van der Waals surface area (Å²) in [4.78, 5) is 34.3. The number of carbonyl (C=O) groups is 2. The molecule has 42 heavy (non-hydrogen) atoms. The summed E-state index contributed by atoms with van der Waals surface area (Å²) >= 11 is 7.98. The van der Waals surface area contributed by atoms with Crippen LogP contribution in [0.2, 0.25) is 11.3 Å². The van der Waals surface area contributed by atoms with Gasteiger partial charge in [0.05, 0.1) is 35.2 Å². The highest BCUT2D eigenvalue weighted by atomic mass is 35.5. The number of imide groups is 1. The van der Waals surface area contributed by atoms with Gasteiger partial charge in [0.1, 0.15) is 5.75 Å². The molecule has 0 radical (unpaired) electrons. The van der Waals surface area contributed by atoms with Crippen molar-refractivity contribution in [3.05, 3.63) is 92.4 Å². The lowest BCUT2D eigenvalue weighted by molar-refractivity contribution is -0.140. The van der Waals surface area contributed by atoms with Crippen molar-refractivity contribution in [2.45, 2.75) is 51.6 Å². The van der Waals surface area contributed by atoms with Gasteiger partial charge in [-0.3, -0.25) is 19.5 Å². The summed E-state index contributed by atoms with van der Waals surface area (Å²) < 4.78 is 6.17. The summed E-state index contributed by atoms with van der Waals surface area (Å²) in [7, 11) is -1.02. The number of phenolic OH excluding ortho intramolecular Hbond substituents is 1.